The van der Waals surface area contributed by atoms with Crippen LogP contribution < -0.4 is 10.6 Å². The van der Waals surface area contributed by atoms with Gasteiger partial charge in [0, 0.05) is 51.0 Å². The number of nitrogens with two attached hydrogens (primary N) is 1. The molecule has 4 rings (SSSR count). The SMILES string of the molecule is NC(=NCC1CN(C2CC2)CCO1)N1CCN(c2ccc(F)cc2)CC1. The fourth-order valence-corrected chi connectivity index (χ4v) is 3.76. The number of morpholine rings is 1. The minimum atomic E-state index is -0.200. The molecule has 0 bridgehead atoms. The van der Waals surface area contributed by atoms with Crippen LogP contribution in [0.1, 0.15) is 12.8 Å². The van der Waals surface area contributed by atoms with Crippen LogP contribution in [0.3, 0.4) is 0 Å². The van der Waals surface area contributed by atoms with Crippen LogP contribution in [-0.2, 0) is 4.74 Å². The number of hydrogen-bond donors (Lipinski definition) is 1. The van der Waals surface area contributed by atoms with Crippen LogP contribution in [-0.4, -0.2) is 80.3 Å². The summed E-state index contributed by atoms with van der Waals surface area (Å²) in [6.07, 6.45) is 2.82. The molecule has 1 saturated carbocycles. The largest absolute Gasteiger partial charge is 0.374 e. The van der Waals surface area contributed by atoms with E-state index in [-0.39, 0.29) is 11.9 Å². The molecule has 2 aliphatic heterocycles. The summed E-state index contributed by atoms with van der Waals surface area (Å²) < 4.78 is 18.9. The third-order valence-electron chi connectivity index (χ3n) is 5.49. The zero-order valence-corrected chi connectivity index (χ0v) is 15.2. The van der Waals surface area contributed by atoms with Gasteiger partial charge in [0.2, 0.25) is 0 Å². The van der Waals surface area contributed by atoms with E-state index in [1.54, 1.807) is 0 Å². The fourth-order valence-electron chi connectivity index (χ4n) is 3.76. The number of piperazine rings is 1. The average Bonchev–Trinajstić information content (AvgIpc) is 3.52. The van der Waals surface area contributed by atoms with Crippen molar-refractivity contribution >= 4 is 11.6 Å². The molecule has 0 amide bonds. The summed E-state index contributed by atoms with van der Waals surface area (Å²) >= 11 is 0. The molecule has 7 heteroatoms. The number of aliphatic imine (C=N–C) groups is 1. The first kappa shape index (κ1) is 17.5. The summed E-state index contributed by atoms with van der Waals surface area (Å²) in [5, 5.41) is 0. The number of hydrogen-bond acceptors (Lipinski definition) is 4. The molecule has 142 valence electrons. The molecule has 1 aliphatic carbocycles. The average molecular weight is 361 g/mol. The lowest BCUT2D eigenvalue weighted by Gasteiger charge is -2.37. The highest BCUT2D eigenvalue weighted by Crippen LogP contribution is 2.28. The van der Waals surface area contributed by atoms with E-state index in [9.17, 15) is 4.39 Å². The van der Waals surface area contributed by atoms with Crippen molar-refractivity contribution < 1.29 is 9.13 Å². The number of ether oxygens (including phenoxy) is 1. The van der Waals surface area contributed by atoms with Crippen LogP contribution in [0.2, 0.25) is 0 Å². The molecule has 1 unspecified atom stereocenters. The molecule has 26 heavy (non-hydrogen) atoms. The molecule has 0 aromatic heterocycles. The van der Waals surface area contributed by atoms with Crippen molar-refractivity contribution in [2.45, 2.75) is 25.0 Å². The maximum Gasteiger partial charge on any atom is 0.191 e. The van der Waals surface area contributed by atoms with Gasteiger partial charge in [0.1, 0.15) is 5.82 Å². The fraction of sp³-hybridized carbons (Fsp3) is 0.632. The Bertz CT molecular complexity index is 625. The third-order valence-corrected chi connectivity index (χ3v) is 5.49. The van der Waals surface area contributed by atoms with E-state index in [2.05, 4.69) is 19.7 Å². The Morgan fingerprint density at radius 2 is 1.85 bits per heavy atom. The van der Waals surface area contributed by atoms with E-state index >= 15 is 0 Å². The van der Waals surface area contributed by atoms with E-state index in [4.69, 9.17) is 10.5 Å². The van der Waals surface area contributed by atoms with Gasteiger partial charge < -0.3 is 20.3 Å². The van der Waals surface area contributed by atoms with Crippen LogP contribution >= 0.6 is 0 Å². The predicted molar refractivity (Wildman–Crippen MR) is 101 cm³/mol. The van der Waals surface area contributed by atoms with E-state index in [0.29, 0.717) is 12.5 Å². The van der Waals surface area contributed by atoms with Crippen molar-refractivity contribution in [1.29, 1.82) is 0 Å². The Labute approximate surface area is 154 Å². The highest BCUT2D eigenvalue weighted by molar-refractivity contribution is 5.78. The maximum atomic E-state index is 13.1. The Kier molecular flexibility index (Phi) is 5.26. The van der Waals surface area contributed by atoms with Crippen LogP contribution in [0.4, 0.5) is 10.1 Å². The highest BCUT2D eigenvalue weighted by Gasteiger charge is 2.32. The second-order valence-corrected chi connectivity index (χ2v) is 7.37. The first-order chi connectivity index (χ1) is 12.7. The van der Waals surface area contributed by atoms with Crippen LogP contribution in [0, 0.1) is 5.82 Å². The van der Waals surface area contributed by atoms with E-state index in [1.165, 1.54) is 25.0 Å². The number of guanidine groups is 1. The van der Waals surface area contributed by atoms with Gasteiger partial charge in [0.15, 0.2) is 5.96 Å². The molecule has 1 atom stereocenters. The molecular formula is C19H28FN5O. The topological polar surface area (TPSA) is 57.3 Å². The van der Waals surface area contributed by atoms with Gasteiger partial charge in [0.05, 0.1) is 19.3 Å². The lowest BCUT2D eigenvalue weighted by Crippen LogP contribution is -2.51. The van der Waals surface area contributed by atoms with Crippen molar-refractivity contribution in [2.75, 3.05) is 57.3 Å². The summed E-state index contributed by atoms with van der Waals surface area (Å²) in [6, 6.07) is 7.45. The zero-order chi connectivity index (χ0) is 17.9. The molecular weight excluding hydrogens is 333 g/mol. The Hall–Kier alpha value is -1.86. The minimum absolute atomic E-state index is 0.156. The summed E-state index contributed by atoms with van der Waals surface area (Å²) in [6.45, 7) is 6.82. The van der Waals surface area contributed by atoms with Crippen molar-refractivity contribution in [1.82, 2.24) is 9.80 Å². The summed E-state index contributed by atoms with van der Waals surface area (Å²) in [5.41, 5.74) is 7.27. The number of halogens is 1. The van der Waals surface area contributed by atoms with Crippen molar-refractivity contribution in [2.24, 2.45) is 10.7 Å². The Balaban J connectivity index is 1.25. The molecule has 3 aliphatic rings. The summed E-state index contributed by atoms with van der Waals surface area (Å²) in [5.74, 6) is 0.407. The second-order valence-electron chi connectivity index (χ2n) is 7.37. The molecule has 3 fully saturated rings. The van der Waals surface area contributed by atoms with Gasteiger partial charge >= 0.3 is 0 Å². The van der Waals surface area contributed by atoms with E-state index in [0.717, 1.165) is 57.6 Å². The van der Waals surface area contributed by atoms with Gasteiger partial charge in [0.25, 0.3) is 0 Å². The Morgan fingerprint density at radius 1 is 1.12 bits per heavy atom. The molecule has 1 aromatic rings. The van der Waals surface area contributed by atoms with E-state index in [1.807, 2.05) is 12.1 Å². The van der Waals surface area contributed by atoms with Gasteiger partial charge in [-0.15, -0.1) is 0 Å². The summed E-state index contributed by atoms with van der Waals surface area (Å²) in [7, 11) is 0. The van der Waals surface area contributed by atoms with Gasteiger partial charge in [-0.05, 0) is 37.1 Å². The number of rotatable bonds is 4. The van der Waals surface area contributed by atoms with Gasteiger partial charge in [-0.1, -0.05) is 0 Å². The van der Waals surface area contributed by atoms with Crippen molar-refractivity contribution in [3.63, 3.8) is 0 Å². The van der Waals surface area contributed by atoms with Gasteiger partial charge in [-0.3, -0.25) is 9.89 Å². The molecule has 2 N–H and O–H groups in total. The quantitative estimate of drug-likeness (QED) is 0.644. The zero-order valence-electron chi connectivity index (χ0n) is 15.2. The monoisotopic (exact) mass is 361 g/mol. The molecule has 1 aromatic carbocycles. The highest BCUT2D eigenvalue weighted by atomic mass is 19.1. The lowest BCUT2D eigenvalue weighted by atomic mass is 10.2. The van der Waals surface area contributed by atoms with Gasteiger partial charge in [-0.2, -0.15) is 0 Å². The van der Waals surface area contributed by atoms with Crippen LogP contribution in [0.15, 0.2) is 29.3 Å². The van der Waals surface area contributed by atoms with Crippen molar-refractivity contribution in [3.8, 4) is 0 Å². The lowest BCUT2D eigenvalue weighted by molar-refractivity contribution is -0.0260. The normalized spacial score (nSPS) is 25.6. The minimum Gasteiger partial charge on any atom is -0.374 e. The molecule has 6 nitrogen and oxygen atoms in total. The molecule has 2 heterocycles. The first-order valence-electron chi connectivity index (χ1n) is 9.60. The predicted octanol–water partition coefficient (Wildman–Crippen LogP) is 1.13. The molecule has 0 radical (unpaired) electrons. The third kappa shape index (κ3) is 4.27. The summed E-state index contributed by atoms with van der Waals surface area (Å²) in [4.78, 5) is 11.5. The molecule has 2 saturated heterocycles. The Morgan fingerprint density at radius 3 is 2.54 bits per heavy atom. The standard InChI is InChI=1S/C19H28FN5O/c20-15-1-3-16(4-2-15)23-7-9-24(10-8-23)19(21)22-13-18-14-25(11-12-26-18)17-5-6-17/h1-4,17-18H,5-14H2,(H2,21,22). The van der Waals surface area contributed by atoms with Crippen molar-refractivity contribution in [3.05, 3.63) is 30.1 Å². The van der Waals surface area contributed by atoms with Crippen LogP contribution in [0.5, 0.6) is 0 Å². The number of benzene rings is 1. The maximum absolute atomic E-state index is 13.1. The first-order valence-corrected chi connectivity index (χ1v) is 9.60. The van der Waals surface area contributed by atoms with E-state index < -0.39 is 0 Å². The smallest absolute Gasteiger partial charge is 0.191 e. The number of nitrogens with zero attached hydrogens (tertiary/aromatic N) is 4. The second kappa shape index (κ2) is 7.80. The van der Waals surface area contributed by atoms with Crippen LogP contribution in [0.25, 0.3) is 0 Å². The van der Waals surface area contributed by atoms with Gasteiger partial charge in [-0.25, -0.2) is 4.39 Å². The number of anilines is 1. The molecule has 0 spiro atoms.